The van der Waals surface area contributed by atoms with Gasteiger partial charge in [-0.1, -0.05) is 6.92 Å². The highest BCUT2D eigenvalue weighted by molar-refractivity contribution is 7.09. The van der Waals surface area contributed by atoms with Crippen LogP contribution >= 0.6 is 11.5 Å². The van der Waals surface area contributed by atoms with Gasteiger partial charge in [0.2, 0.25) is 11.0 Å². The number of nitrogens with zero attached hydrogens (tertiary/aromatic N) is 4. The summed E-state index contributed by atoms with van der Waals surface area (Å²) in [6.07, 6.45) is 3.56. The van der Waals surface area contributed by atoms with Crippen molar-refractivity contribution in [3.05, 3.63) is 6.33 Å². The van der Waals surface area contributed by atoms with E-state index in [0.717, 1.165) is 37.6 Å². The summed E-state index contributed by atoms with van der Waals surface area (Å²) < 4.78 is 3.97. The molecule has 0 saturated carbocycles. The Kier molecular flexibility index (Phi) is 3.71. The van der Waals surface area contributed by atoms with Gasteiger partial charge in [0.25, 0.3) is 0 Å². The zero-order chi connectivity index (χ0) is 11.4. The van der Waals surface area contributed by atoms with Crippen molar-refractivity contribution in [2.75, 3.05) is 31.1 Å². The van der Waals surface area contributed by atoms with Crippen LogP contribution in [-0.4, -0.2) is 46.3 Å². The Morgan fingerprint density at radius 3 is 3.06 bits per heavy atom. The fraction of sp³-hybridized carbons (Fsp3) is 0.700. The van der Waals surface area contributed by atoms with Crippen LogP contribution < -0.4 is 4.90 Å². The standard InChI is InChI=1S/C10H16N4OS/c1-2-4-13-5-3-6-14(7-9(13)15)10-11-8-12-16-10/h8H,2-7H2,1H3. The summed E-state index contributed by atoms with van der Waals surface area (Å²) in [6, 6.07) is 0. The molecule has 0 atom stereocenters. The molecule has 16 heavy (non-hydrogen) atoms. The van der Waals surface area contributed by atoms with Crippen LogP contribution in [0.25, 0.3) is 0 Å². The summed E-state index contributed by atoms with van der Waals surface area (Å²) in [6.45, 7) is 5.15. The van der Waals surface area contributed by atoms with Crippen molar-refractivity contribution in [1.82, 2.24) is 14.3 Å². The fourth-order valence-electron chi connectivity index (χ4n) is 1.90. The highest BCUT2D eigenvalue weighted by Gasteiger charge is 2.22. The van der Waals surface area contributed by atoms with E-state index >= 15 is 0 Å². The molecule has 1 fully saturated rings. The second-order valence-corrected chi connectivity index (χ2v) is 4.64. The third-order valence-electron chi connectivity index (χ3n) is 2.65. The number of carbonyl (C=O) groups is 1. The number of anilines is 1. The Morgan fingerprint density at radius 1 is 1.50 bits per heavy atom. The number of carbonyl (C=O) groups excluding carboxylic acids is 1. The average molecular weight is 240 g/mol. The maximum absolute atomic E-state index is 12.0. The van der Waals surface area contributed by atoms with E-state index in [0.29, 0.717) is 6.54 Å². The normalized spacial score (nSPS) is 17.7. The van der Waals surface area contributed by atoms with Crippen LogP contribution in [0.15, 0.2) is 6.33 Å². The highest BCUT2D eigenvalue weighted by atomic mass is 32.1. The summed E-state index contributed by atoms with van der Waals surface area (Å²) in [5.74, 6) is 0.203. The minimum Gasteiger partial charge on any atom is -0.341 e. The minimum absolute atomic E-state index is 0.203. The van der Waals surface area contributed by atoms with Gasteiger partial charge < -0.3 is 9.80 Å². The second-order valence-electron chi connectivity index (χ2n) is 3.88. The maximum Gasteiger partial charge on any atom is 0.242 e. The van der Waals surface area contributed by atoms with Gasteiger partial charge in [0.15, 0.2) is 0 Å². The highest BCUT2D eigenvalue weighted by Crippen LogP contribution is 2.17. The van der Waals surface area contributed by atoms with Crippen LogP contribution in [0.3, 0.4) is 0 Å². The van der Waals surface area contributed by atoms with Crippen molar-refractivity contribution in [2.24, 2.45) is 0 Å². The van der Waals surface area contributed by atoms with Crippen LogP contribution in [0.1, 0.15) is 19.8 Å². The molecule has 0 radical (unpaired) electrons. The molecule has 0 bridgehead atoms. The molecule has 5 nitrogen and oxygen atoms in total. The Labute approximate surface area is 99.2 Å². The second kappa shape index (κ2) is 5.25. The molecule has 1 aliphatic heterocycles. The number of aromatic nitrogens is 2. The Balaban J connectivity index is 2.02. The summed E-state index contributed by atoms with van der Waals surface area (Å²) in [7, 11) is 0. The van der Waals surface area contributed by atoms with Crippen molar-refractivity contribution in [3.8, 4) is 0 Å². The van der Waals surface area contributed by atoms with Gasteiger partial charge in [-0.2, -0.15) is 4.37 Å². The molecule has 2 heterocycles. The molecule has 0 unspecified atom stereocenters. The number of rotatable bonds is 3. The molecule has 1 amide bonds. The van der Waals surface area contributed by atoms with Crippen molar-refractivity contribution in [1.29, 1.82) is 0 Å². The van der Waals surface area contributed by atoms with Crippen LogP contribution in [0.2, 0.25) is 0 Å². The molecular weight excluding hydrogens is 224 g/mol. The van der Waals surface area contributed by atoms with Gasteiger partial charge >= 0.3 is 0 Å². The lowest BCUT2D eigenvalue weighted by Gasteiger charge is -2.20. The lowest BCUT2D eigenvalue weighted by atomic mass is 10.3. The molecular formula is C10H16N4OS. The molecule has 0 aromatic carbocycles. The molecule has 88 valence electrons. The van der Waals surface area contributed by atoms with Gasteiger partial charge in [0.05, 0.1) is 6.54 Å². The van der Waals surface area contributed by atoms with Gasteiger partial charge in [0.1, 0.15) is 6.33 Å². The van der Waals surface area contributed by atoms with Crippen LogP contribution in [0.4, 0.5) is 5.13 Å². The summed E-state index contributed by atoms with van der Waals surface area (Å²) >= 11 is 1.35. The minimum atomic E-state index is 0.203. The van der Waals surface area contributed by atoms with Gasteiger partial charge in [-0.05, 0) is 12.8 Å². The predicted octanol–water partition coefficient (Wildman–Crippen LogP) is 0.987. The van der Waals surface area contributed by atoms with E-state index < -0.39 is 0 Å². The molecule has 6 heteroatoms. The first-order valence-electron chi connectivity index (χ1n) is 5.60. The molecule has 1 aromatic heterocycles. The smallest absolute Gasteiger partial charge is 0.242 e. The lowest BCUT2D eigenvalue weighted by Crippen LogP contribution is -2.37. The third kappa shape index (κ3) is 2.49. The van der Waals surface area contributed by atoms with Crippen LogP contribution in [-0.2, 0) is 4.79 Å². The van der Waals surface area contributed by atoms with Crippen molar-refractivity contribution in [2.45, 2.75) is 19.8 Å². The first-order chi connectivity index (χ1) is 7.81. The average Bonchev–Trinajstić information content (AvgIpc) is 2.74. The van der Waals surface area contributed by atoms with E-state index in [4.69, 9.17) is 0 Å². The molecule has 2 rings (SSSR count). The Bertz CT molecular complexity index is 341. The first-order valence-corrected chi connectivity index (χ1v) is 6.38. The summed E-state index contributed by atoms with van der Waals surface area (Å²) in [5.41, 5.74) is 0. The van der Waals surface area contributed by atoms with Crippen molar-refractivity contribution in [3.63, 3.8) is 0 Å². The zero-order valence-electron chi connectivity index (χ0n) is 9.43. The zero-order valence-corrected chi connectivity index (χ0v) is 10.2. The van der Waals surface area contributed by atoms with E-state index in [1.165, 1.54) is 11.5 Å². The molecule has 0 N–H and O–H groups in total. The third-order valence-corrected chi connectivity index (χ3v) is 3.38. The quantitative estimate of drug-likeness (QED) is 0.790. The van der Waals surface area contributed by atoms with E-state index in [2.05, 4.69) is 16.3 Å². The number of hydrogen-bond acceptors (Lipinski definition) is 5. The fourth-order valence-corrected chi connectivity index (χ4v) is 2.45. The van der Waals surface area contributed by atoms with Crippen molar-refractivity contribution < 1.29 is 4.79 Å². The Hall–Kier alpha value is -1.17. The predicted molar refractivity (Wildman–Crippen MR) is 63.6 cm³/mol. The first kappa shape index (κ1) is 11.3. The summed E-state index contributed by atoms with van der Waals surface area (Å²) in [4.78, 5) is 20.1. The van der Waals surface area contributed by atoms with E-state index in [1.807, 2.05) is 9.80 Å². The van der Waals surface area contributed by atoms with E-state index in [-0.39, 0.29) is 5.91 Å². The molecule has 0 aliphatic carbocycles. The maximum atomic E-state index is 12.0. The molecule has 0 spiro atoms. The van der Waals surface area contributed by atoms with E-state index in [9.17, 15) is 4.79 Å². The number of amides is 1. The van der Waals surface area contributed by atoms with Gasteiger partial charge in [-0.25, -0.2) is 4.98 Å². The molecule has 1 saturated heterocycles. The SMILES string of the molecule is CCCN1CCCN(c2ncns2)CC1=O. The number of hydrogen-bond donors (Lipinski definition) is 0. The van der Waals surface area contributed by atoms with Gasteiger partial charge in [0, 0.05) is 31.2 Å². The van der Waals surface area contributed by atoms with E-state index in [1.54, 1.807) is 6.33 Å². The lowest BCUT2D eigenvalue weighted by molar-refractivity contribution is -0.129. The Morgan fingerprint density at radius 2 is 2.38 bits per heavy atom. The topological polar surface area (TPSA) is 49.3 Å². The van der Waals surface area contributed by atoms with Gasteiger partial charge in [-0.3, -0.25) is 4.79 Å². The molecule has 1 aromatic rings. The molecule has 1 aliphatic rings. The summed E-state index contributed by atoms with van der Waals surface area (Å²) in [5, 5.41) is 0.853. The van der Waals surface area contributed by atoms with Crippen molar-refractivity contribution >= 4 is 22.6 Å². The largest absolute Gasteiger partial charge is 0.341 e. The van der Waals surface area contributed by atoms with Crippen LogP contribution in [0.5, 0.6) is 0 Å². The van der Waals surface area contributed by atoms with Crippen LogP contribution in [0, 0.1) is 0 Å². The van der Waals surface area contributed by atoms with Gasteiger partial charge in [-0.15, -0.1) is 0 Å². The monoisotopic (exact) mass is 240 g/mol.